The Morgan fingerprint density at radius 1 is 0.846 bits per heavy atom. The Morgan fingerprint density at radius 3 is 2.08 bits per heavy atom. The van der Waals surface area contributed by atoms with Gasteiger partial charge in [-0.25, -0.2) is 4.90 Å². The van der Waals surface area contributed by atoms with E-state index in [4.69, 9.17) is 27.9 Å². The SMILES string of the molecule is O=C1C2=C(CCCC2)C(=O)N1c1cc(OC2CCCCC2)c(Cl)cc1Cl. The molecule has 1 aliphatic heterocycles. The van der Waals surface area contributed by atoms with Crippen LogP contribution in [0.25, 0.3) is 0 Å². The van der Waals surface area contributed by atoms with Gasteiger partial charge in [-0.05, 0) is 57.4 Å². The summed E-state index contributed by atoms with van der Waals surface area (Å²) in [5.74, 6) is -0.0153. The summed E-state index contributed by atoms with van der Waals surface area (Å²) in [7, 11) is 0. The van der Waals surface area contributed by atoms with E-state index in [2.05, 4.69) is 0 Å². The zero-order valence-corrected chi connectivity index (χ0v) is 16.0. The molecule has 0 spiro atoms. The third kappa shape index (κ3) is 3.14. The van der Waals surface area contributed by atoms with Crippen LogP contribution in [0.2, 0.25) is 10.0 Å². The maximum absolute atomic E-state index is 12.8. The van der Waals surface area contributed by atoms with Gasteiger partial charge in [-0.2, -0.15) is 0 Å². The number of hydrogen-bond acceptors (Lipinski definition) is 3. The third-order valence-corrected chi connectivity index (χ3v) is 6.08. The highest BCUT2D eigenvalue weighted by Gasteiger charge is 2.40. The molecule has 1 aromatic rings. The molecule has 0 aromatic heterocycles. The fourth-order valence-electron chi connectivity index (χ4n) is 4.10. The van der Waals surface area contributed by atoms with Crippen molar-refractivity contribution in [2.45, 2.75) is 63.9 Å². The van der Waals surface area contributed by atoms with Crippen LogP contribution in [0.15, 0.2) is 23.3 Å². The second-order valence-electron chi connectivity index (χ2n) is 7.22. The first-order chi connectivity index (χ1) is 12.6. The fraction of sp³-hybridized carbons (Fsp3) is 0.500. The van der Waals surface area contributed by atoms with Crippen molar-refractivity contribution in [2.24, 2.45) is 0 Å². The number of carbonyl (C=O) groups excluding carboxylic acids is 2. The van der Waals surface area contributed by atoms with Gasteiger partial charge in [0.1, 0.15) is 5.75 Å². The zero-order valence-electron chi connectivity index (χ0n) is 14.5. The summed E-state index contributed by atoms with van der Waals surface area (Å²) < 4.78 is 6.08. The summed E-state index contributed by atoms with van der Waals surface area (Å²) >= 11 is 12.7. The van der Waals surface area contributed by atoms with Gasteiger partial charge in [-0.15, -0.1) is 0 Å². The first-order valence-corrected chi connectivity index (χ1v) is 10.1. The Hall–Kier alpha value is -1.52. The smallest absolute Gasteiger partial charge is 0.261 e. The van der Waals surface area contributed by atoms with E-state index in [0.29, 0.717) is 40.4 Å². The molecule has 2 aliphatic carbocycles. The van der Waals surface area contributed by atoms with Crippen molar-refractivity contribution >= 4 is 40.7 Å². The van der Waals surface area contributed by atoms with Crippen LogP contribution in [0.4, 0.5) is 5.69 Å². The van der Waals surface area contributed by atoms with Crippen molar-refractivity contribution in [2.75, 3.05) is 4.90 Å². The summed E-state index contributed by atoms with van der Waals surface area (Å²) in [5, 5.41) is 0.689. The van der Waals surface area contributed by atoms with E-state index in [1.54, 1.807) is 12.1 Å². The molecule has 1 heterocycles. The molecule has 1 fully saturated rings. The highest BCUT2D eigenvalue weighted by Crippen LogP contribution is 2.42. The average molecular weight is 394 g/mol. The molecule has 0 bridgehead atoms. The van der Waals surface area contributed by atoms with Gasteiger partial charge in [-0.1, -0.05) is 29.6 Å². The minimum atomic E-state index is -0.252. The number of benzene rings is 1. The molecule has 138 valence electrons. The molecule has 0 saturated heterocycles. The van der Waals surface area contributed by atoms with Crippen LogP contribution in [0.1, 0.15) is 57.8 Å². The lowest BCUT2D eigenvalue weighted by molar-refractivity contribution is -0.120. The number of ether oxygens (including phenoxy) is 1. The van der Waals surface area contributed by atoms with Gasteiger partial charge in [0, 0.05) is 17.2 Å². The van der Waals surface area contributed by atoms with E-state index in [1.165, 1.54) is 11.3 Å². The number of nitrogens with zero attached hydrogens (tertiary/aromatic N) is 1. The molecule has 0 radical (unpaired) electrons. The molecular weight excluding hydrogens is 373 g/mol. The Bertz CT molecular complexity index is 768. The standard InChI is InChI=1S/C20H21Cl2NO3/c21-15-10-16(22)18(26-12-6-2-1-3-7-12)11-17(15)23-19(24)13-8-4-5-9-14(13)20(23)25/h10-12H,1-9H2. The lowest BCUT2D eigenvalue weighted by Gasteiger charge is -2.25. The summed E-state index contributed by atoms with van der Waals surface area (Å²) in [6.07, 6.45) is 8.81. The monoisotopic (exact) mass is 393 g/mol. The molecule has 4 nitrogen and oxygen atoms in total. The van der Waals surface area contributed by atoms with Gasteiger partial charge in [-0.3, -0.25) is 9.59 Å². The topological polar surface area (TPSA) is 46.6 Å². The van der Waals surface area contributed by atoms with Crippen LogP contribution in [0.5, 0.6) is 5.75 Å². The molecule has 0 unspecified atom stereocenters. The van der Waals surface area contributed by atoms with Crippen LogP contribution >= 0.6 is 23.2 Å². The summed E-state index contributed by atoms with van der Waals surface area (Å²) in [5.41, 5.74) is 1.65. The van der Waals surface area contributed by atoms with E-state index in [-0.39, 0.29) is 22.9 Å². The van der Waals surface area contributed by atoms with E-state index in [0.717, 1.165) is 38.5 Å². The van der Waals surface area contributed by atoms with Crippen LogP contribution in [0.3, 0.4) is 0 Å². The van der Waals surface area contributed by atoms with Crippen molar-refractivity contribution in [1.29, 1.82) is 0 Å². The van der Waals surface area contributed by atoms with E-state index in [1.807, 2.05) is 0 Å². The molecule has 26 heavy (non-hydrogen) atoms. The fourth-order valence-corrected chi connectivity index (χ4v) is 4.61. The molecule has 6 heteroatoms. The van der Waals surface area contributed by atoms with Gasteiger partial charge in [0.25, 0.3) is 11.8 Å². The average Bonchev–Trinajstić information content (AvgIpc) is 2.90. The predicted octanol–water partition coefficient (Wildman–Crippen LogP) is 5.45. The number of hydrogen-bond donors (Lipinski definition) is 0. The number of carbonyl (C=O) groups is 2. The van der Waals surface area contributed by atoms with Crippen LogP contribution < -0.4 is 9.64 Å². The predicted molar refractivity (Wildman–Crippen MR) is 102 cm³/mol. The van der Waals surface area contributed by atoms with Gasteiger partial charge < -0.3 is 4.74 Å². The Morgan fingerprint density at radius 2 is 1.46 bits per heavy atom. The van der Waals surface area contributed by atoms with Crippen molar-refractivity contribution in [3.63, 3.8) is 0 Å². The van der Waals surface area contributed by atoms with Crippen molar-refractivity contribution in [1.82, 2.24) is 0 Å². The highest BCUT2D eigenvalue weighted by atomic mass is 35.5. The molecule has 2 amide bonds. The molecular formula is C20H21Cl2NO3. The maximum Gasteiger partial charge on any atom is 0.261 e. The Labute approximate surface area is 163 Å². The lowest BCUT2D eigenvalue weighted by Crippen LogP contribution is -2.32. The number of imide groups is 1. The van der Waals surface area contributed by atoms with Gasteiger partial charge in [0.2, 0.25) is 0 Å². The van der Waals surface area contributed by atoms with Gasteiger partial charge in [0.15, 0.2) is 0 Å². The van der Waals surface area contributed by atoms with Crippen LogP contribution in [-0.2, 0) is 9.59 Å². The first kappa shape index (κ1) is 17.9. The second kappa shape index (κ2) is 7.24. The molecule has 3 aliphatic rings. The molecule has 1 aromatic carbocycles. The number of halogens is 2. The van der Waals surface area contributed by atoms with Crippen molar-refractivity contribution in [3.05, 3.63) is 33.3 Å². The lowest BCUT2D eigenvalue weighted by atomic mass is 9.93. The zero-order chi connectivity index (χ0) is 18.3. The molecule has 0 N–H and O–H groups in total. The third-order valence-electron chi connectivity index (χ3n) is 5.48. The van der Waals surface area contributed by atoms with Crippen molar-refractivity contribution < 1.29 is 14.3 Å². The normalized spacial score (nSPS) is 21.4. The largest absolute Gasteiger partial charge is 0.489 e. The quantitative estimate of drug-likeness (QED) is 0.641. The van der Waals surface area contributed by atoms with E-state index in [9.17, 15) is 9.59 Å². The number of anilines is 1. The van der Waals surface area contributed by atoms with Gasteiger partial charge >= 0.3 is 0 Å². The second-order valence-corrected chi connectivity index (χ2v) is 8.04. The summed E-state index contributed by atoms with van der Waals surface area (Å²) in [6.45, 7) is 0. The minimum Gasteiger partial charge on any atom is -0.489 e. The number of amides is 2. The van der Waals surface area contributed by atoms with Crippen LogP contribution in [0, 0.1) is 0 Å². The Kier molecular flexibility index (Phi) is 4.98. The van der Waals surface area contributed by atoms with Crippen molar-refractivity contribution in [3.8, 4) is 5.75 Å². The molecule has 1 saturated carbocycles. The Balaban J connectivity index is 1.65. The van der Waals surface area contributed by atoms with Crippen LogP contribution in [-0.4, -0.2) is 17.9 Å². The number of rotatable bonds is 3. The summed E-state index contributed by atoms with van der Waals surface area (Å²) in [4.78, 5) is 26.8. The minimum absolute atomic E-state index is 0.117. The molecule has 4 rings (SSSR count). The van der Waals surface area contributed by atoms with E-state index >= 15 is 0 Å². The first-order valence-electron chi connectivity index (χ1n) is 9.33. The van der Waals surface area contributed by atoms with Gasteiger partial charge in [0.05, 0.1) is 21.8 Å². The summed E-state index contributed by atoms with van der Waals surface area (Å²) in [6, 6.07) is 3.21. The maximum atomic E-state index is 12.8. The molecule has 0 atom stereocenters. The van der Waals surface area contributed by atoms with E-state index < -0.39 is 0 Å². The highest BCUT2D eigenvalue weighted by molar-refractivity contribution is 6.41.